The molecular formula is C19H32O2. The van der Waals surface area contributed by atoms with Crippen LogP contribution in [0.1, 0.15) is 70.8 Å². The quantitative estimate of drug-likeness (QED) is 0.341. The number of hydrogen-bond acceptors (Lipinski definition) is 2. The Morgan fingerprint density at radius 3 is 2.10 bits per heavy atom. The predicted octanol–water partition coefficient (Wildman–Crippen LogP) is 5.74. The number of aryl methyl sites for hydroxylation is 1. The molecule has 0 spiro atoms. The van der Waals surface area contributed by atoms with Crippen LogP contribution in [0.5, 0.6) is 5.75 Å². The molecular weight excluding hydrogens is 260 g/mol. The first kappa shape index (κ1) is 18.0. The van der Waals surface area contributed by atoms with E-state index in [-0.39, 0.29) is 0 Å². The van der Waals surface area contributed by atoms with Crippen molar-refractivity contribution >= 4 is 0 Å². The molecule has 0 unspecified atom stereocenters. The van der Waals surface area contributed by atoms with Crippen LogP contribution in [0.2, 0.25) is 0 Å². The van der Waals surface area contributed by atoms with Gasteiger partial charge in [-0.25, -0.2) is 0 Å². The maximum absolute atomic E-state index is 5.52. The van der Waals surface area contributed by atoms with Crippen LogP contribution in [-0.2, 0) is 11.2 Å². The summed E-state index contributed by atoms with van der Waals surface area (Å²) in [6.45, 7) is 5.48. The van der Waals surface area contributed by atoms with Crippen LogP contribution in [-0.4, -0.2) is 13.4 Å². The van der Waals surface area contributed by atoms with Gasteiger partial charge in [0.15, 0.2) is 6.79 Å². The van der Waals surface area contributed by atoms with Crippen molar-refractivity contribution in [3.63, 3.8) is 0 Å². The van der Waals surface area contributed by atoms with Crippen molar-refractivity contribution in [2.24, 2.45) is 0 Å². The van der Waals surface area contributed by atoms with Crippen LogP contribution < -0.4 is 4.74 Å². The highest BCUT2D eigenvalue weighted by molar-refractivity contribution is 5.27. The summed E-state index contributed by atoms with van der Waals surface area (Å²) in [5.74, 6) is 0.898. The molecule has 0 aromatic heterocycles. The van der Waals surface area contributed by atoms with Crippen molar-refractivity contribution in [3.05, 3.63) is 29.8 Å². The standard InChI is InChI=1S/C19H32O2/c1-3-5-6-7-8-9-10-11-18-12-14-19(15-13-18)21-17-20-16-4-2/h12-15H,3-11,16-17H2,1-2H3. The minimum absolute atomic E-state index is 0.352. The molecule has 0 N–H and O–H groups in total. The SMILES string of the molecule is CCCCCCCCCc1ccc(OCOCCC)cc1. The zero-order valence-electron chi connectivity index (χ0n) is 13.9. The lowest BCUT2D eigenvalue weighted by Gasteiger charge is -2.07. The third-order valence-electron chi connectivity index (χ3n) is 3.65. The summed E-state index contributed by atoms with van der Waals surface area (Å²) >= 11 is 0. The fraction of sp³-hybridized carbons (Fsp3) is 0.684. The van der Waals surface area contributed by atoms with Gasteiger partial charge in [-0.2, -0.15) is 0 Å². The fourth-order valence-corrected chi connectivity index (χ4v) is 2.35. The van der Waals surface area contributed by atoms with Gasteiger partial charge in [0, 0.05) is 0 Å². The molecule has 2 nitrogen and oxygen atoms in total. The first-order chi connectivity index (χ1) is 10.4. The molecule has 0 bridgehead atoms. The Bertz CT molecular complexity index is 332. The van der Waals surface area contributed by atoms with E-state index in [4.69, 9.17) is 9.47 Å². The van der Waals surface area contributed by atoms with Crippen molar-refractivity contribution in [2.75, 3.05) is 13.4 Å². The van der Waals surface area contributed by atoms with E-state index in [0.717, 1.165) is 18.8 Å². The average molecular weight is 292 g/mol. The molecule has 0 aliphatic carbocycles. The molecule has 1 aromatic carbocycles. The minimum Gasteiger partial charge on any atom is -0.468 e. The second-order valence-electron chi connectivity index (χ2n) is 5.69. The van der Waals surface area contributed by atoms with Gasteiger partial charge in [-0.05, 0) is 37.0 Å². The minimum atomic E-state index is 0.352. The Balaban J connectivity index is 2.07. The van der Waals surface area contributed by atoms with Gasteiger partial charge in [0.1, 0.15) is 5.75 Å². The Labute approximate surface area is 130 Å². The first-order valence-electron chi connectivity index (χ1n) is 8.66. The van der Waals surface area contributed by atoms with Gasteiger partial charge in [0.05, 0.1) is 6.61 Å². The molecule has 1 aromatic rings. The highest BCUT2D eigenvalue weighted by Gasteiger charge is 1.97. The van der Waals surface area contributed by atoms with Gasteiger partial charge in [-0.3, -0.25) is 0 Å². The van der Waals surface area contributed by atoms with Gasteiger partial charge in [0.2, 0.25) is 0 Å². The normalized spacial score (nSPS) is 10.8. The van der Waals surface area contributed by atoms with Gasteiger partial charge in [0.25, 0.3) is 0 Å². The Kier molecular flexibility index (Phi) is 10.9. The molecule has 0 amide bonds. The third kappa shape index (κ3) is 9.52. The lowest BCUT2D eigenvalue weighted by Crippen LogP contribution is -2.03. The Hall–Kier alpha value is -1.02. The lowest BCUT2D eigenvalue weighted by molar-refractivity contribution is 0.0157. The van der Waals surface area contributed by atoms with Gasteiger partial charge in [-0.1, -0.05) is 64.5 Å². The van der Waals surface area contributed by atoms with Gasteiger partial charge in [-0.15, -0.1) is 0 Å². The summed E-state index contributed by atoms with van der Waals surface area (Å²) < 4.78 is 10.8. The molecule has 0 radical (unpaired) electrons. The molecule has 0 aliphatic heterocycles. The van der Waals surface area contributed by atoms with E-state index >= 15 is 0 Å². The Morgan fingerprint density at radius 1 is 0.762 bits per heavy atom. The van der Waals surface area contributed by atoms with Crippen LogP contribution >= 0.6 is 0 Å². The van der Waals surface area contributed by atoms with E-state index in [2.05, 4.69) is 26.0 Å². The van der Waals surface area contributed by atoms with Crippen molar-refractivity contribution in [1.82, 2.24) is 0 Å². The second-order valence-corrected chi connectivity index (χ2v) is 5.69. The number of hydrogen-bond donors (Lipinski definition) is 0. The molecule has 0 saturated carbocycles. The van der Waals surface area contributed by atoms with Gasteiger partial charge < -0.3 is 9.47 Å². The van der Waals surface area contributed by atoms with E-state index in [1.807, 2.05) is 12.1 Å². The van der Waals surface area contributed by atoms with E-state index in [9.17, 15) is 0 Å². The van der Waals surface area contributed by atoms with Crippen LogP contribution in [0.15, 0.2) is 24.3 Å². The molecule has 0 atom stereocenters. The summed E-state index contributed by atoms with van der Waals surface area (Å²) in [6.07, 6.45) is 11.8. The van der Waals surface area contributed by atoms with Crippen molar-refractivity contribution in [2.45, 2.75) is 71.6 Å². The second kappa shape index (κ2) is 12.7. The Morgan fingerprint density at radius 2 is 1.43 bits per heavy atom. The molecule has 0 fully saturated rings. The first-order valence-corrected chi connectivity index (χ1v) is 8.66. The number of unbranched alkanes of at least 4 members (excludes halogenated alkanes) is 6. The summed E-state index contributed by atoms with van der Waals surface area (Å²) in [5, 5.41) is 0. The molecule has 120 valence electrons. The lowest BCUT2D eigenvalue weighted by atomic mass is 10.0. The number of rotatable bonds is 13. The number of benzene rings is 1. The van der Waals surface area contributed by atoms with Crippen molar-refractivity contribution < 1.29 is 9.47 Å². The molecule has 0 aliphatic rings. The zero-order chi connectivity index (χ0) is 15.2. The van der Waals surface area contributed by atoms with Crippen molar-refractivity contribution in [3.8, 4) is 5.75 Å². The van der Waals surface area contributed by atoms with E-state index in [0.29, 0.717) is 6.79 Å². The number of ether oxygens (including phenoxy) is 2. The van der Waals surface area contributed by atoms with Gasteiger partial charge >= 0.3 is 0 Å². The largest absolute Gasteiger partial charge is 0.468 e. The summed E-state index contributed by atoms with van der Waals surface area (Å²) in [5.41, 5.74) is 1.41. The van der Waals surface area contributed by atoms with Crippen LogP contribution in [0.3, 0.4) is 0 Å². The van der Waals surface area contributed by atoms with E-state index in [1.165, 1.54) is 56.9 Å². The molecule has 0 heterocycles. The maximum Gasteiger partial charge on any atom is 0.189 e. The topological polar surface area (TPSA) is 18.5 Å². The molecule has 2 heteroatoms. The monoisotopic (exact) mass is 292 g/mol. The van der Waals surface area contributed by atoms with Crippen molar-refractivity contribution in [1.29, 1.82) is 0 Å². The summed E-state index contributed by atoms with van der Waals surface area (Å²) in [6, 6.07) is 8.44. The third-order valence-corrected chi connectivity index (χ3v) is 3.65. The predicted molar refractivity (Wildman–Crippen MR) is 89.9 cm³/mol. The maximum atomic E-state index is 5.52. The zero-order valence-corrected chi connectivity index (χ0v) is 13.9. The van der Waals surface area contributed by atoms with Crippen LogP contribution in [0.4, 0.5) is 0 Å². The summed E-state index contributed by atoms with van der Waals surface area (Å²) in [7, 11) is 0. The van der Waals surface area contributed by atoms with Crippen LogP contribution in [0.25, 0.3) is 0 Å². The van der Waals surface area contributed by atoms with E-state index < -0.39 is 0 Å². The highest BCUT2D eigenvalue weighted by Crippen LogP contribution is 2.15. The molecule has 21 heavy (non-hydrogen) atoms. The molecule has 0 saturated heterocycles. The average Bonchev–Trinajstić information content (AvgIpc) is 2.52. The van der Waals surface area contributed by atoms with Crippen LogP contribution in [0, 0.1) is 0 Å². The highest BCUT2D eigenvalue weighted by atomic mass is 16.7. The molecule has 1 rings (SSSR count). The smallest absolute Gasteiger partial charge is 0.189 e. The van der Waals surface area contributed by atoms with E-state index in [1.54, 1.807) is 0 Å². The fourth-order valence-electron chi connectivity index (χ4n) is 2.35. The summed E-state index contributed by atoms with van der Waals surface area (Å²) in [4.78, 5) is 0.